The summed E-state index contributed by atoms with van der Waals surface area (Å²) in [6.07, 6.45) is -4.38. The molecule has 1 rings (SSSR count). The molecule has 0 saturated carbocycles. The smallest absolute Gasteiger partial charge is 0.295 e. The molecule has 0 unspecified atom stereocenters. The van der Waals surface area contributed by atoms with Crippen LogP contribution >= 0.6 is 0 Å². The van der Waals surface area contributed by atoms with Gasteiger partial charge in [-0.1, -0.05) is 31.2 Å². The zero-order chi connectivity index (χ0) is 13.1. The van der Waals surface area contributed by atoms with E-state index in [1.54, 1.807) is 24.3 Å². The molecule has 0 N–H and O–H groups in total. The molecular weight excluding hydrogens is 231 g/mol. The number of nitrogens with zero attached hydrogens (tertiary/aromatic N) is 1. The lowest BCUT2D eigenvalue weighted by Gasteiger charge is -2.23. The number of hydrogen-bond donors (Lipinski definition) is 0. The van der Waals surface area contributed by atoms with Crippen LogP contribution in [0.4, 0.5) is 13.2 Å². The van der Waals surface area contributed by atoms with Gasteiger partial charge in [-0.2, -0.15) is 13.2 Å². The van der Waals surface area contributed by atoms with Crippen molar-refractivity contribution in [3.63, 3.8) is 0 Å². The van der Waals surface area contributed by atoms with E-state index in [2.05, 4.69) is 0 Å². The summed E-state index contributed by atoms with van der Waals surface area (Å²) in [5, 5.41) is 0. The van der Waals surface area contributed by atoms with Crippen LogP contribution in [-0.2, 0) is 6.54 Å². The molecule has 0 aromatic heterocycles. The zero-order valence-corrected chi connectivity index (χ0v) is 9.71. The molecule has 0 aliphatic heterocycles. The van der Waals surface area contributed by atoms with Crippen LogP contribution in [0.15, 0.2) is 24.3 Å². The molecular formula is C12H14F3NO. The largest absolute Gasteiger partial charge is 0.460 e. The molecule has 0 saturated heterocycles. The van der Waals surface area contributed by atoms with Crippen molar-refractivity contribution in [1.82, 2.24) is 4.90 Å². The first-order valence-electron chi connectivity index (χ1n) is 5.27. The van der Waals surface area contributed by atoms with E-state index in [0.717, 1.165) is 0 Å². The maximum atomic E-state index is 12.6. The molecule has 0 heterocycles. The molecule has 1 aromatic carbocycles. The van der Waals surface area contributed by atoms with Gasteiger partial charge in [0.2, 0.25) is 0 Å². The van der Waals surface area contributed by atoms with E-state index in [1.165, 1.54) is 13.8 Å². The standard InChI is InChI=1S/C12H14F3NO/c1-3-16(12(13,14)15)8-10-6-4-5-7-11(10)9(2)17/h4-7H,3,8H2,1-2H3. The highest BCUT2D eigenvalue weighted by atomic mass is 19.4. The summed E-state index contributed by atoms with van der Waals surface area (Å²) in [6, 6.07) is 6.36. The molecule has 94 valence electrons. The topological polar surface area (TPSA) is 20.3 Å². The van der Waals surface area contributed by atoms with E-state index in [0.29, 0.717) is 16.0 Å². The van der Waals surface area contributed by atoms with Crippen molar-refractivity contribution in [2.45, 2.75) is 26.7 Å². The molecule has 0 spiro atoms. The van der Waals surface area contributed by atoms with Crippen molar-refractivity contribution < 1.29 is 18.0 Å². The lowest BCUT2D eigenvalue weighted by Crippen LogP contribution is -2.37. The van der Waals surface area contributed by atoms with E-state index < -0.39 is 6.30 Å². The third-order valence-electron chi connectivity index (χ3n) is 2.50. The summed E-state index contributed by atoms with van der Waals surface area (Å²) in [7, 11) is 0. The highest BCUT2D eigenvalue weighted by molar-refractivity contribution is 5.95. The lowest BCUT2D eigenvalue weighted by atomic mass is 10.0. The quantitative estimate of drug-likeness (QED) is 0.599. The fraction of sp³-hybridized carbons (Fsp3) is 0.417. The summed E-state index contributed by atoms with van der Waals surface area (Å²) in [4.78, 5) is 11.7. The van der Waals surface area contributed by atoms with Crippen molar-refractivity contribution in [3.8, 4) is 0 Å². The van der Waals surface area contributed by atoms with E-state index in [4.69, 9.17) is 0 Å². The maximum Gasteiger partial charge on any atom is 0.460 e. The minimum atomic E-state index is -4.38. The third-order valence-corrected chi connectivity index (χ3v) is 2.50. The van der Waals surface area contributed by atoms with Crippen molar-refractivity contribution >= 4 is 5.78 Å². The number of carbonyl (C=O) groups excluding carboxylic acids is 1. The van der Waals surface area contributed by atoms with Gasteiger partial charge in [0.05, 0.1) is 0 Å². The Morgan fingerprint density at radius 2 is 1.88 bits per heavy atom. The first kappa shape index (κ1) is 13.7. The summed E-state index contributed by atoms with van der Waals surface area (Å²) in [6.45, 7) is 2.35. The monoisotopic (exact) mass is 245 g/mol. The number of rotatable bonds is 4. The first-order valence-corrected chi connectivity index (χ1v) is 5.27. The van der Waals surface area contributed by atoms with Crippen LogP contribution < -0.4 is 0 Å². The molecule has 0 atom stereocenters. The van der Waals surface area contributed by atoms with Gasteiger partial charge in [-0.25, -0.2) is 4.90 Å². The van der Waals surface area contributed by atoms with E-state index in [1.807, 2.05) is 0 Å². The Balaban J connectivity index is 2.98. The molecule has 0 aliphatic carbocycles. The minimum Gasteiger partial charge on any atom is -0.295 e. The highest BCUT2D eigenvalue weighted by Crippen LogP contribution is 2.24. The number of halogens is 3. The predicted molar refractivity (Wildman–Crippen MR) is 58.6 cm³/mol. The Bertz CT molecular complexity index is 401. The molecule has 0 bridgehead atoms. The van der Waals surface area contributed by atoms with Crippen LogP contribution in [0.5, 0.6) is 0 Å². The van der Waals surface area contributed by atoms with Gasteiger partial charge in [0.1, 0.15) is 0 Å². The second kappa shape index (κ2) is 5.31. The summed E-state index contributed by atoms with van der Waals surface area (Å²) >= 11 is 0. The number of ketones is 1. The Hall–Kier alpha value is -1.36. The van der Waals surface area contributed by atoms with Crippen LogP contribution in [0.2, 0.25) is 0 Å². The van der Waals surface area contributed by atoms with Gasteiger partial charge >= 0.3 is 6.30 Å². The number of alkyl halides is 3. The summed E-state index contributed by atoms with van der Waals surface area (Å²) < 4.78 is 37.7. The number of Topliss-reactive ketones (excluding diaryl/α,β-unsaturated/α-hetero) is 1. The van der Waals surface area contributed by atoms with Gasteiger partial charge in [-0.15, -0.1) is 0 Å². The van der Waals surface area contributed by atoms with Crippen LogP contribution in [0.3, 0.4) is 0 Å². The Kier molecular flexibility index (Phi) is 4.28. The molecule has 0 aliphatic rings. The molecule has 0 radical (unpaired) electrons. The van der Waals surface area contributed by atoms with Crippen LogP contribution in [0.25, 0.3) is 0 Å². The third kappa shape index (κ3) is 3.56. The highest BCUT2D eigenvalue weighted by Gasteiger charge is 2.36. The second-order valence-corrected chi connectivity index (χ2v) is 3.70. The second-order valence-electron chi connectivity index (χ2n) is 3.70. The van der Waals surface area contributed by atoms with Gasteiger partial charge in [0.15, 0.2) is 5.78 Å². The number of benzene rings is 1. The van der Waals surface area contributed by atoms with Crippen molar-refractivity contribution in [1.29, 1.82) is 0 Å². The first-order chi connectivity index (χ1) is 7.86. The van der Waals surface area contributed by atoms with Crippen molar-refractivity contribution in [2.75, 3.05) is 6.54 Å². The van der Waals surface area contributed by atoms with Crippen molar-refractivity contribution in [3.05, 3.63) is 35.4 Å². The molecule has 2 nitrogen and oxygen atoms in total. The normalized spacial score (nSPS) is 11.9. The van der Waals surface area contributed by atoms with Crippen LogP contribution in [0, 0.1) is 0 Å². The van der Waals surface area contributed by atoms with Crippen LogP contribution in [-0.4, -0.2) is 23.5 Å². The number of hydrogen-bond acceptors (Lipinski definition) is 2. The van der Waals surface area contributed by atoms with Gasteiger partial charge in [0.25, 0.3) is 0 Å². The maximum absolute atomic E-state index is 12.6. The summed E-state index contributed by atoms with van der Waals surface area (Å²) in [5.41, 5.74) is 0.745. The summed E-state index contributed by atoms with van der Waals surface area (Å²) in [5.74, 6) is -0.223. The van der Waals surface area contributed by atoms with E-state index in [-0.39, 0.29) is 18.9 Å². The van der Waals surface area contributed by atoms with Crippen molar-refractivity contribution in [2.24, 2.45) is 0 Å². The van der Waals surface area contributed by atoms with E-state index in [9.17, 15) is 18.0 Å². The SMILES string of the molecule is CCN(Cc1ccccc1C(C)=O)C(F)(F)F. The number of carbonyl (C=O) groups is 1. The molecule has 0 fully saturated rings. The fourth-order valence-electron chi connectivity index (χ4n) is 1.59. The minimum absolute atomic E-state index is 0.143. The zero-order valence-electron chi connectivity index (χ0n) is 9.71. The Labute approximate surface area is 98.0 Å². The Morgan fingerprint density at radius 1 is 1.29 bits per heavy atom. The average molecular weight is 245 g/mol. The van der Waals surface area contributed by atoms with Crippen LogP contribution in [0.1, 0.15) is 29.8 Å². The van der Waals surface area contributed by atoms with Gasteiger partial charge in [0, 0.05) is 18.7 Å². The molecule has 17 heavy (non-hydrogen) atoms. The molecule has 0 amide bonds. The van der Waals surface area contributed by atoms with Gasteiger partial charge in [-0.3, -0.25) is 4.79 Å². The lowest BCUT2D eigenvalue weighted by molar-refractivity contribution is -0.247. The van der Waals surface area contributed by atoms with Gasteiger partial charge in [-0.05, 0) is 12.5 Å². The van der Waals surface area contributed by atoms with E-state index >= 15 is 0 Å². The Morgan fingerprint density at radius 3 is 2.35 bits per heavy atom. The molecule has 1 aromatic rings. The predicted octanol–water partition coefficient (Wildman–Crippen LogP) is 3.23. The van der Waals surface area contributed by atoms with Gasteiger partial charge < -0.3 is 0 Å². The molecule has 5 heteroatoms. The fourth-order valence-corrected chi connectivity index (χ4v) is 1.59. The average Bonchev–Trinajstić information content (AvgIpc) is 2.24.